The van der Waals surface area contributed by atoms with E-state index in [2.05, 4.69) is 125 Å². The van der Waals surface area contributed by atoms with Gasteiger partial charge in [0.15, 0.2) is 0 Å². The van der Waals surface area contributed by atoms with Crippen LogP contribution in [0.2, 0.25) is 0 Å². The van der Waals surface area contributed by atoms with Gasteiger partial charge < -0.3 is 23.7 Å². The fraction of sp³-hybridized carbons (Fsp3) is 0.385. The highest BCUT2D eigenvalue weighted by Gasteiger charge is 2.33. The van der Waals surface area contributed by atoms with Crippen LogP contribution in [0.4, 0.5) is 0 Å². The molecule has 2 aliphatic rings. The standard InChI is InChI=1S/C39H44O5/c1-5-6-23-40-33-19-13-31(14-20-33)39(4,32-15-21-35(22-16-32)42-25-37-27-44-37)30-9-7-28(8-10-30)38(2,3)29-11-17-34(18-12-29)41-24-36-26-43-36/h7-22,36-37H,5-6,23-27H2,1-4H3. The van der Waals surface area contributed by atoms with Crippen LogP contribution in [0.5, 0.6) is 17.2 Å². The summed E-state index contributed by atoms with van der Waals surface area (Å²) in [6.45, 7) is 12.6. The number of hydrogen-bond acceptors (Lipinski definition) is 5. The number of epoxide rings is 2. The van der Waals surface area contributed by atoms with Crippen LogP contribution in [0.25, 0.3) is 0 Å². The molecule has 4 aromatic rings. The predicted molar refractivity (Wildman–Crippen MR) is 174 cm³/mol. The van der Waals surface area contributed by atoms with Crippen molar-refractivity contribution in [2.75, 3.05) is 33.0 Å². The summed E-state index contributed by atoms with van der Waals surface area (Å²) in [5.74, 6) is 2.65. The average molecular weight is 593 g/mol. The fourth-order valence-corrected chi connectivity index (χ4v) is 5.66. The van der Waals surface area contributed by atoms with Crippen molar-refractivity contribution in [3.8, 4) is 17.2 Å². The minimum atomic E-state index is -0.382. The maximum absolute atomic E-state index is 5.98. The Morgan fingerprint density at radius 1 is 0.545 bits per heavy atom. The predicted octanol–water partition coefficient (Wildman–Crippen LogP) is 8.10. The van der Waals surface area contributed by atoms with Gasteiger partial charge in [0.25, 0.3) is 0 Å². The molecule has 3 atom stereocenters. The molecular formula is C39H44O5. The number of benzene rings is 4. The molecule has 0 aromatic heterocycles. The van der Waals surface area contributed by atoms with E-state index in [0.717, 1.165) is 49.9 Å². The number of ether oxygens (including phenoxy) is 5. The second-order valence-corrected chi connectivity index (χ2v) is 12.6. The van der Waals surface area contributed by atoms with Crippen molar-refractivity contribution < 1.29 is 23.7 Å². The van der Waals surface area contributed by atoms with E-state index in [4.69, 9.17) is 23.7 Å². The lowest BCUT2D eigenvalue weighted by Crippen LogP contribution is -2.26. The molecule has 44 heavy (non-hydrogen) atoms. The first-order valence-corrected chi connectivity index (χ1v) is 15.9. The van der Waals surface area contributed by atoms with Gasteiger partial charge in [-0.3, -0.25) is 0 Å². The summed E-state index contributed by atoms with van der Waals surface area (Å²) in [7, 11) is 0. The van der Waals surface area contributed by atoms with Gasteiger partial charge in [-0.2, -0.15) is 0 Å². The van der Waals surface area contributed by atoms with Gasteiger partial charge in [0, 0.05) is 10.8 Å². The topological polar surface area (TPSA) is 52.8 Å². The molecule has 5 nitrogen and oxygen atoms in total. The molecule has 5 heteroatoms. The fourth-order valence-electron chi connectivity index (χ4n) is 5.66. The first kappa shape index (κ1) is 30.2. The summed E-state index contributed by atoms with van der Waals surface area (Å²) >= 11 is 0. The van der Waals surface area contributed by atoms with E-state index >= 15 is 0 Å². The zero-order valence-corrected chi connectivity index (χ0v) is 26.4. The van der Waals surface area contributed by atoms with Gasteiger partial charge in [-0.05, 0) is 77.6 Å². The zero-order chi connectivity index (χ0) is 30.6. The third-order valence-corrected chi connectivity index (χ3v) is 9.07. The summed E-state index contributed by atoms with van der Waals surface area (Å²) in [5, 5.41) is 0. The smallest absolute Gasteiger partial charge is 0.119 e. The third-order valence-electron chi connectivity index (χ3n) is 9.07. The minimum Gasteiger partial charge on any atom is -0.494 e. The molecule has 0 amide bonds. The third kappa shape index (κ3) is 6.95. The second kappa shape index (κ2) is 13.1. The average Bonchev–Trinajstić information content (AvgIpc) is 4.00. The molecule has 2 heterocycles. The zero-order valence-electron chi connectivity index (χ0n) is 26.4. The quantitative estimate of drug-likeness (QED) is 0.0793. The molecular weight excluding hydrogens is 548 g/mol. The van der Waals surface area contributed by atoms with Crippen molar-refractivity contribution in [3.05, 3.63) is 125 Å². The Morgan fingerprint density at radius 2 is 0.886 bits per heavy atom. The molecule has 230 valence electrons. The van der Waals surface area contributed by atoms with Crippen LogP contribution in [-0.4, -0.2) is 45.2 Å². The van der Waals surface area contributed by atoms with Crippen LogP contribution in [0.15, 0.2) is 97.1 Å². The van der Waals surface area contributed by atoms with Crippen molar-refractivity contribution in [1.29, 1.82) is 0 Å². The van der Waals surface area contributed by atoms with Crippen molar-refractivity contribution in [1.82, 2.24) is 0 Å². The van der Waals surface area contributed by atoms with Gasteiger partial charge in [0.1, 0.15) is 42.7 Å². The Bertz CT molecular complexity index is 1480. The van der Waals surface area contributed by atoms with E-state index in [9.17, 15) is 0 Å². The van der Waals surface area contributed by atoms with E-state index in [0.29, 0.717) is 13.2 Å². The Labute approximate surface area is 262 Å². The van der Waals surface area contributed by atoms with Crippen LogP contribution < -0.4 is 14.2 Å². The first-order valence-electron chi connectivity index (χ1n) is 15.9. The van der Waals surface area contributed by atoms with Gasteiger partial charge in [-0.1, -0.05) is 87.9 Å². The molecule has 0 radical (unpaired) electrons. The SMILES string of the molecule is CCCCOc1ccc(C(C)(c2ccc(OCC3CO3)cc2)c2ccc(C(C)(C)c3ccc(OCC4CO4)cc3)cc2)cc1. The summed E-state index contributed by atoms with van der Waals surface area (Å²) < 4.78 is 28.4. The van der Waals surface area contributed by atoms with E-state index in [1.165, 1.54) is 27.8 Å². The maximum Gasteiger partial charge on any atom is 0.119 e. The largest absolute Gasteiger partial charge is 0.494 e. The highest BCUT2D eigenvalue weighted by Crippen LogP contribution is 2.41. The lowest BCUT2D eigenvalue weighted by atomic mass is 9.70. The van der Waals surface area contributed by atoms with Crippen molar-refractivity contribution in [2.45, 2.75) is 63.6 Å². The van der Waals surface area contributed by atoms with Crippen molar-refractivity contribution >= 4 is 0 Å². The molecule has 0 aliphatic carbocycles. The summed E-state index contributed by atoms with van der Waals surface area (Å²) in [4.78, 5) is 0. The lowest BCUT2D eigenvalue weighted by molar-refractivity contribution is 0.263. The molecule has 0 spiro atoms. The minimum absolute atomic E-state index is 0.172. The normalized spacial score (nSPS) is 18.7. The first-order chi connectivity index (χ1) is 21.4. The molecule has 2 saturated heterocycles. The van der Waals surface area contributed by atoms with Crippen LogP contribution in [0.1, 0.15) is 68.4 Å². The lowest BCUT2D eigenvalue weighted by Gasteiger charge is -2.33. The van der Waals surface area contributed by atoms with Gasteiger partial charge in [0.2, 0.25) is 0 Å². The summed E-state index contributed by atoms with van der Waals surface area (Å²) in [5.41, 5.74) is 5.58. The van der Waals surface area contributed by atoms with E-state index < -0.39 is 0 Å². The van der Waals surface area contributed by atoms with Gasteiger partial charge in [-0.25, -0.2) is 0 Å². The van der Waals surface area contributed by atoms with Gasteiger partial charge in [0.05, 0.1) is 19.8 Å². The Kier molecular flexibility index (Phi) is 8.97. The van der Waals surface area contributed by atoms with Crippen LogP contribution in [0, 0.1) is 0 Å². The maximum atomic E-state index is 5.98. The molecule has 0 bridgehead atoms. The number of rotatable bonds is 15. The highest BCUT2D eigenvalue weighted by atomic mass is 16.6. The monoisotopic (exact) mass is 592 g/mol. The number of hydrogen-bond donors (Lipinski definition) is 0. The number of unbranched alkanes of at least 4 members (excludes halogenated alkanes) is 1. The van der Waals surface area contributed by atoms with Gasteiger partial charge in [-0.15, -0.1) is 0 Å². The van der Waals surface area contributed by atoms with E-state index in [1.54, 1.807) is 0 Å². The molecule has 0 saturated carbocycles. The van der Waals surface area contributed by atoms with E-state index in [1.807, 2.05) is 0 Å². The van der Waals surface area contributed by atoms with Crippen LogP contribution >= 0.6 is 0 Å². The molecule has 2 fully saturated rings. The Morgan fingerprint density at radius 3 is 1.27 bits per heavy atom. The Hall–Kier alpha value is -3.80. The Balaban J connectivity index is 1.26. The summed E-state index contributed by atoms with van der Waals surface area (Å²) in [6, 6.07) is 34.7. The van der Waals surface area contributed by atoms with Crippen LogP contribution in [-0.2, 0) is 20.3 Å². The second-order valence-electron chi connectivity index (χ2n) is 12.6. The molecule has 3 unspecified atom stereocenters. The highest BCUT2D eigenvalue weighted by molar-refractivity contribution is 5.52. The molecule has 2 aliphatic heterocycles. The van der Waals surface area contributed by atoms with Crippen molar-refractivity contribution in [2.24, 2.45) is 0 Å². The molecule has 6 rings (SSSR count). The van der Waals surface area contributed by atoms with Crippen molar-refractivity contribution in [3.63, 3.8) is 0 Å². The van der Waals surface area contributed by atoms with Gasteiger partial charge >= 0.3 is 0 Å². The molecule has 0 N–H and O–H groups in total. The molecule has 4 aromatic carbocycles. The van der Waals surface area contributed by atoms with Crippen LogP contribution in [0.3, 0.4) is 0 Å². The van der Waals surface area contributed by atoms with E-state index in [-0.39, 0.29) is 23.0 Å². The summed E-state index contributed by atoms with van der Waals surface area (Å²) in [6.07, 6.45) is 2.65.